The zero-order valence-electron chi connectivity index (χ0n) is 13.9. The molecule has 2 rings (SSSR count). The lowest BCUT2D eigenvalue weighted by atomic mass is 10.1. The van der Waals surface area contributed by atoms with Crippen LogP contribution in [0.4, 0.5) is 5.69 Å². The summed E-state index contributed by atoms with van der Waals surface area (Å²) < 4.78 is 10.4. The fraction of sp³-hybridized carbons (Fsp3) is 0.278. The standard InChI is InChI=1S/C18H21ClN2O3/c1-12(13-5-4-6-14(19)9-13)20-11-18(22)21-16-10-15(23-2)7-8-17(16)24-3/h4-10,12,20H,11H2,1-3H3,(H,21,22)/t12-/m0/s1. The highest BCUT2D eigenvalue weighted by atomic mass is 35.5. The normalized spacial score (nSPS) is 11.7. The molecule has 0 spiro atoms. The van der Waals surface area contributed by atoms with E-state index in [1.165, 1.54) is 0 Å². The van der Waals surface area contributed by atoms with Crippen molar-refractivity contribution < 1.29 is 14.3 Å². The number of rotatable bonds is 7. The summed E-state index contributed by atoms with van der Waals surface area (Å²) >= 11 is 5.99. The average Bonchev–Trinajstić information content (AvgIpc) is 2.59. The van der Waals surface area contributed by atoms with Crippen LogP contribution in [-0.2, 0) is 4.79 Å². The molecule has 2 N–H and O–H groups in total. The smallest absolute Gasteiger partial charge is 0.238 e. The van der Waals surface area contributed by atoms with E-state index in [-0.39, 0.29) is 18.5 Å². The third-order valence-corrected chi connectivity index (χ3v) is 3.83. The first-order valence-corrected chi connectivity index (χ1v) is 7.92. The molecule has 0 saturated carbocycles. The van der Waals surface area contributed by atoms with Crippen molar-refractivity contribution in [3.8, 4) is 11.5 Å². The minimum absolute atomic E-state index is 0.00153. The summed E-state index contributed by atoms with van der Waals surface area (Å²) in [6, 6.07) is 12.8. The molecule has 2 aromatic rings. The third kappa shape index (κ3) is 4.88. The van der Waals surface area contributed by atoms with Gasteiger partial charge in [-0.3, -0.25) is 4.79 Å². The minimum atomic E-state index is -0.171. The summed E-state index contributed by atoms with van der Waals surface area (Å²) in [6.45, 7) is 2.14. The minimum Gasteiger partial charge on any atom is -0.497 e. The Bertz CT molecular complexity index is 706. The van der Waals surface area contributed by atoms with Gasteiger partial charge in [-0.25, -0.2) is 0 Å². The highest BCUT2D eigenvalue weighted by molar-refractivity contribution is 6.30. The molecule has 24 heavy (non-hydrogen) atoms. The van der Waals surface area contributed by atoms with E-state index in [1.807, 2.05) is 31.2 Å². The van der Waals surface area contributed by atoms with Crippen molar-refractivity contribution >= 4 is 23.2 Å². The molecule has 0 unspecified atom stereocenters. The molecule has 0 heterocycles. The number of nitrogens with one attached hydrogen (secondary N) is 2. The first-order chi connectivity index (χ1) is 11.5. The number of halogens is 1. The molecule has 128 valence electrons. The van der Waals surface area contributed by atoms with Crippen LogP contribution >= 0.6 is 11.6 Å². The second-order valence-electron chi connectivity index (χ2n) is 5.27. The zero-order chi connectivity index (χ0) is 17.5. The summed E-state index contributed by atoms with van der Waals surface area (Å²) in [5.41, 5.74) is 1.59. The SMILES string of the molecule is COc1ccc(OC)c(NC(=O)CN[C@@H](C)c2cccc(Cl)c2)c1. The van der Waals surface area contributed by atoms with Crippen molar-refractivity contribution in [1.29, 1.82) is 0 Å². The van der Waals surface area contributed by atoms with Crippen molar-refractivity contribution in [1.82, 2.24) is 5.32 Å². The first-order valence-electron chi connectivity index (χ1n) is 7.54. The molecule has 6 heteroatoms. The van der Waals surface area contributed by atoms with Crippen molar-refractivity contribution in [2.75, 3.05) is 26.1 Å². The Hall–Kier alpha value is -2.24. The van der Waals surface area contributed by atoms with Crippen LogP contribution in [0, 0.1) is 0 Å². The Morgan fingerprint density at radius 2 is 1.96 bits per heavy atom. The van der Waals surface area contributed by atoms with E-state index in [0.29, 0.717) is 22.2 Å². The molecule has 5 nitrogen and oxygen atoms in total. The first kappa shape index (κ1) is 18.1. The van der Waals surface area contributed by atoms with E-state index >= 15 is 0 Å². The number of carbonyl (C=O) groups excluding carboxylic acids is 1. The van der Waals surface area contributed by atoms with Gasteiger partial charge < -0.3 is 20.1 Å². The molecule has 0 saturated heterocycles. The van der Waals surface area contributed by atoms with E-state index in [9.17, 15) is 4.79 Å². The van der Waals surface area contributed by atoms with Gasteiger partial charge in [0.1, 0.15) is 11.5 Å². The van der Waals surface area contributed by atoms with Crippen LogP contribution in [0.25, 0.3) is 0 Å². The molecule has 0 aliphatic rings. The van der Waals surface area contributed by atoms with E-state index in [2.05, 4.69) is 10.6 Å². The van der Waals surface area contributed by atoms with Crippen LogP contribution in [0.5, 0.6) is 11.5 Å². The van der Waals surface area contributed by atoms with Gasteiger partial charge >= 0.3 is 0 Å². The molecule has 0 aliphatic heterocycles. The highest BCUT2D eigenvalue weighted by Crippen LogP contribution is 2.28. The second-order valence-corrected chi connectivity index (χ2v) is 5.71. The van der Waals surface area contributed by atoms with E-state index in [0.717, 1.165) is 5.56 Å². The van der Waals surface area contributed by atoms with Gasteiger partial charge in [0.2, 0.25) is 5.91 Å². The van der Waals surface area contributed by atoms with Gasteiger partial charge in [0.25, 0.3) is 0 Å². The molecule has 1 amide bonds. The monoisotopic (exact) mass is 348 g/mol. The van der Waals surface area contributed by atoms with Crippen LogP contribution in [-0.4, -0.2) is 26.7 Å². The summed E-state index contributed by atoms with van der Waals surface area (Å²) in [5, 5.41) is 6.66. The predicted molar refractivity (Wildman–Crippen MR) is 96.0 cm³/mol. The molecule has 0 bridgehead atoms. The maximum absolute atomic E-state index is 12.2. The number of anilines is 1. The molecular weight excluding hydrogens is 328 g/mol. The van der Waals surface area contributed by atoms with Crippen molar-refractivity contribution in [2.24, 2.45) is 0 Å². The van der Waals surface area contributed by atoms with Crippen LogP contribution in [0.1, 0.15) is 18.5 Å². The molecule has 0 aliphatic carbocycles. The quantitative estimate of drug-likeness (QED) is 0.802. The summed E-state index contributed by atoms with van der Waals surface area (Å²) in [6.07, 6.45) is 0. The van der Waals surface area contributed by atoms with Crippen LogP contribution in [0.2, 0.25) is 5.02 Å². The lowest BCUT2D eigenvalue weighted by Gasteiger charge is -2.15. The second kappa shape index (κ2) is 8.57. The van der Waals surface area contributed by atoms with Gasteiger partial charge in [0, 0.05) is 17.1 Å². The number of carbonyl (C=O) groups is 1. The molecule has 0 radical (unpaired) electrons. The number of methoxy groups -OCH3 is 2. The van der Waals surface area contributed by atoms with Crippen molar-refractivity contribution in [2.45, 2.75) is 13.0 Å². The number of ether oxygens (including phenoxy) is 2. The lowest BCUT2D eigenvalue weighted by molar-refractivity contribution is -0.115. The van der Waals surface area contributed by atoms with E-state index in [4.69, 9.17) is 21.1 Å². The summed E-state index contributed by atoms with van der Waals surface area (Å²) in [7, 11) is 3.12. The number of amides is 1. The molecule has 2 aromatic carbocycles. The van der Waals surface area contributed by atoms with Gasteiger partial charge in [-0.2, -0.15) is 0 Å². The average molecular weight is 349 g/mol. The Morgan fingerprint density at radius 1 is 1.17 bits per heavy atom. The van der Waals surface area contributed by atoms with Gasteiger partial charge in [0.15, 0.2) is 0 Å². The van der Waals surface area contributed by atoms with Crippen LogP contribution in [0.15, 0.2) is 42.5 Å². The Balaban J connectivity index is 1.96. The van der Waals surface area contributed by atoms with Gasteiger partial charge in [-0.1, -0.05) is 23.7 Å². The van der Waals surface area contributed by atoms with E-state index in [1.54, 1.807) is 32.4 Å². The highest BCUT2D eigenvalue weighted by Gasteiger charge is 2.11. The summed E-state index contributed by atoms with van der Waals surface area (Å²) in [5.74, 6) is 1.05. The van der Waals surface area contributed by atoms with Crippen molar-refractivity contribution in [3.05, 3.63) is 53.1 Å². The molecule has 0 aromatic heterocycles. The molecule has 1 atom stereocenters. The maximum Gasteiger partial charge on any atom is 0.238 e. The lowest BCUT2D eigenvalue weighted by Crippen LogP contribution is -2.30. The van der Waals surface area contributed by atoms with Gasteiger partial charge in [-0.05, 0) is 36.8 Å². The fourth-order valence-electron chi connectivity index (χ4n) is 2.25. The zero-order valence-corrected chi connectivity index (χ0v) is 14.7. The van der Waals surface area contributed by atoms with E-state index < -0.39 is 0 Å². The predicted octanol–water partition coefficient (Wildman–Crippen LogP) is 3.65. The topological polar surface area (TPSA) is 59.6 Å². The van der Waals surface area contributed by atoms with Crippen molar-refractivity contribution in [3.63, 3.8) is 0 Å². The Kier molecular flexibility index (Phi) is 6.46. The van der Waals surface area contributed by atoms with Crippen LogP contribution < -0.4 is 20.1 Å². The molecular formula is C18H21ClN2O3. The third-order valence-electron chi connectivity index (χ3n) is 3.60. The van der Waals surface area contributed by atoms with Gasteiger partial charge in [-0.15, -0.1) is 0 Å². The Labute approximate surface area is 146 Å². The molecule has 0 fully saturated rings. The Morgan fingerprint density at radius 3 is 2.62 bits per heavy atom. The van der Waals surface area contributed by atoms with Gasteiger partial charge in [0.05, 0.1) is 26.5 Å². The number of hydrogen-bond donors (Lipinski definition) is 2. The number of benzene rings is 2. The largest absolute Gasteiger partial charge is 0.497 e. The summed E-state index contributed by atoms with van der Waals surface area (Å²) in [4.78, 5) is 12.2. The fourth-order valence-corrected chi connectivity index (χ4v) is 2.44. The van der Waals surface area contributed by atoms with Crippen LogP contribution in [0.3, 0.4) is 0 Å². The maximum atomic E-state index is 12.2. The number of hydrogen-bond acceptors (Lipinski definition) is 4.